The first-order valence-corrected chi connectivity index (χ1v) is 14.6. The fourth-order valence-electron chi connectivity index (χ4n) is 5.72. The quantitative estimate of drug-likeness (QED) is 0.466. The summed E-state index contributed by atoms with van der Waals surface area (Å²) in [5, 5.41) is 22.5. The van der Waals surface area contributed by atoms with Gasteiger partial charge in [0.15, 0.2) is 5.82 Å². The maximum absolute atomic E-state index is 12.3. The second-order valence-electron chi connectivity index (χ2n) is 12.1. The lowest BCUT2D eigenvalue weighted by Crippen LogP contribution is -2.58. The smallest absolute Gasteiger partial charge is 0.410 e. The van der Waals surface area contributed by atoms with Gasteiger partial charge < -0.3 is 29.9 Å². The van der Waals surface area contributed by atoms with Crippen molar-refractivity contribution in [2.75, 3.05) is 54.4 Å². The van der Waals surface area contributed by atoms with Crippen molar-refractivity contribution >= 4 is 29.6 Å². The number of hydrogen-bond acceptors (Lipinski definition) is 10. The average molecular weight is 571 g/mol. The Hall–Kier alpha value is -4.41. The van der Waals surface area contributed by atoms with E-state index in [4.69, 9.17) is 4.74 Å². The van der Waals surface area contributed by atoms with Gasteiger partial charge in [-0.2, -0.15) is 0 Å². The van der Waals surface area contributed by atoms with Gasteiger partial charge in [-0.3, -0.25) is 0 Å². The lowest BCUT2D eigenvalue weighted by molar-refractivity contribution is 0.0197. The van der Waals surface area contributed by atoms with Crippen molar-refractivity contribution in [1.29, 1.82) is 0 Å². The van der Waals surface area contributed by atoms with E-state index < -0.39 is 5.60 Å². The van der Waals surface area contributed by atoms with E-state index >= 15 is 0 Å². The van der Waals surface area contributed by atoms with E-state index in [-0.39, 0.29) is 17.9 Å². The number of nitrogens with zero attached hydrogens (tertiary/aromatic N) is 7. The summed E-state index contributed by atoms with van der Waals surface area (Å²) in [6.07, 6.45) is 9.65. The Morgan fingerprint density at radius 3 is 2.57 bits per heavy atom. The van der Waals surface area contributed by atoms with Crippen LogP contribution in [-0.2, 0) is 4.74 Å². The van der Waals surface area contributed by atoms with Gasteiger partial charge in [0.1, 0.15) is 11.4 Å². The molecule has 42 heavy (non-hydrogen) atoms. The first-order chi connectivity index (χ1) is 20.2. The van der Waals surface area contributed by atoms with Gasteiger partial charge in [-0.25, -0.2) is 14.8 Å². The van der Waals surface area contributed by atoms with Gasteiger partial charge in [-0.15, -0.1) is 10.2 Å². The Balaban J connectivity index is 1.05. The Labute approximate surface area is 246 Å². The van der Waals surface area contributed by atoms with E-state index in [0.717, 1.165) is 62.0 Å². The SMILES string of the molecule is CC(C)(C)OC(=O)N1CCC(/C=C/c2cnc(N3CCN4c5cc(-c6ccccc6O)nnc5NC[C@H]4C3)nc2)CC1. The molecule has 6 rings (SSSR count). The number of hydrogen-bond donors (Lipinski definition) is 2. The average Bonchev–Trinajstić information content (AvgIpc) is 2.99. The minimum atomic E-state index is -0.472. The van der Waals surface area contributed by atoms with Gasteiger partial charge >= 0.3 is 6.09 Å². The number of aromatic hydroxyl groups is 1. The van der Waals surface area contributed by atoms with E-state index in [1.807, 2.05) is 51.4 Å². The van der Waals surface area contributed by atoms with Crippen LogP contribution < -0.4 is 15.1 Å². The summed E-state index contributed by atoms with van der Waals surface area (Å²) in [6, 6.07) is 9.42. The summed E-state index contributed by atoms with van der Waals surface area (Å²) in [5.41, 5.74) is 2.81. The lowest BCUT2D eigenvalue weighted by Gasteiger charge is -2.45. The van der Waals surface area contributed by atoms with Crippen LogP contribution in [-0.4, -0.2) is 87.2 Å². The van der Waals surface area contributed by atoms with Gasteiger partial charge in [0.2, 0.25) is 5.95 Å². The molecule has 1 amide bonds. The van der Waals surface area contributed by atoms with Crippen LogP contribution in [0.3, 0.4) is 0 Å². The normalized spacial score (nSPS) is 19.3. The van der Waals surface area contributed by atoms with Gasteiger partial charge in [0.05, 0.1) is 17.4 Å². The molecule has 3 aromatic rings. The predicted molar refractivity (Wildman–Crippen MR) is 163 cm³/mol. The number of allylic oxidation sites excluding steroid dienone is 1. The number of nitrogens with one attached hydrogen (secondary N) is 1. The van der Waals surface area contributed by atoms with Crippen LogP contribution in [0.4, 0.5) is 22.2 Å². The Bertz CT molecular complexity index is 1450. The van der Waals surface area contributed by atoms with E-state index in [2.05, 4.69) is 47.4 Å². The molecule has 2 N–H and O–H groups in total. The Morgan fingerprint density at radius 1 is 1.07 bits per heavy atom. The van der Waals surface area contributed by atoms with E-state index in [1.54, 1.807) is 17.0 Å². The lowest BCUT2D eigenvalue weighted by atomic mass is 9.96. The third kappa shape index (κ3) is 6.09. The number of phenolic OH excluding ortho intramolecular Hbond substituents is 1. The summed E-state index contributed by atoms with van der Waals surface area (Å²) in [4.78, 5) is 28.1. The second-order valence-corrected chi connectivity index (χ2v) is 12.1. The van der Waals surface area contributed by atoms with E-state index in [9.17, 15) is 9.90 Å². The van der Waals surface area contributed by atoms with Crippen molar-refractivity contribution < 1.29 is 14.6 Å². The number of benzene rings is 1. The molecule has 0 aliphatic carbocycles. The van der Waals surface area contributed by atoms with Gasteiger partial charge in [-0.1, -0.05) is 24.3 Å². The largest absolute Gasteiger partial charge is 0.507 e. The number of likely N-dealkylation sites (tertiary alicyclic amines) is 1. The maximum atomic E-state index is 12.3. The van der Waals surface area contributed by atoms with Crippen molar-refractivity contribution in [2.24, 2.45) is 5.92 Å². The molecule has 0 saturated carbocycles. The number of amides is 1. The molecule has 5 heterocycles. The molecule has 0 bridgehead atoms. The molecule has 11 nitrogen and oxygen atoms in total. The number of piperidine rings is 1. The maximum Gasteiger partial charge on any atom is 0.410 e. The van der Waals surface area contributed by atoms with Crippen LogP contribution in [0.25, 0.3) is 17.3 Å². The minimum absolute atomic E-state index is 0.191. The summed E-state index contributed by atoms with van der Waals surface area (Å²) in [5.74, 6) is 2.10. The zero-order valence-corrected chi connectivity index (χ0v) is 24.4. The van der Waals surface area contributed by atoms with E-state index in [1.165, 1.54) is 0 Å². The van der Waals surface area contributed by atoms with Crippen LogP contribution >= 0.6 is 0 Å². The Kier molecular flexibility index (Phi) is 7.57. The first kappa shape index (κ1) is 27.7. The highest BCUT2D eigenvalue weighted by molar-refractivity contribution is 5.76. The molecule has 11 heteroatoms. The van der Waals surface area contributed by atoms with E-state index in [0.29, 0.717) is 30.3 Å². The molecule has 1 aromatic carbocycles. The third-order valence-corrected chi connectivity index (χ3v) is 7.94. The van der Waals surface area contributed by atoms with Crippen LogP contribution in [0.5, 0.6) is 5.75 Å². The first-order valence-electron chi connectivity index (χ1n) is 14.6. The fraction of sp³-hybridized carbons (Fsp3) is 0.452. The van der Waals surface area contributed by atoms with Gasteiger partial charge in [0, 0.05) is 62.8 Å². The van der Waals surface area contributed by atoms with Crippen LogP contribution in [0.2, 0.25) is 0 Å². The molecule has 2 saturated heterocycles. The number of para-hydroxylation sites is 1. The van der Waals surface area contributed by atoms with Crippen molar-refractivity contribution in [3.05, 3.63) is 54.4 Å². The summed E-state index contributed by atoms with van der Waals surface area (Å²) >= 11 is 0. The molecule has 3 aliphatic rings. The van der Waals surface area contributed by atoms with Crippen LogP contribution in [0.1, 0.15) is 39.2 Å². The number of phenols is 1. The molecule has 220 valence electrons. The molecule has 3 aliphatic heterocycles. The molecule has 0 spiro atoms. The number of piperazine rings is 1. The van der Waals surface area contributed by atoms with Crippen molar-refractivity contribution in [3.8, 4) is 17.0 Å². The molecule has 0 unspecified atom stereocenters. The molecule has 1 atom stereocenters. The highest BCUT2D eigenvalue weighted by Crippen LogP contribution is 2.36. The number of ether oxygens (including phenoxy) is 1. The topological polar surface area (TPSA) is 120 Å². The minimum Gasteiger partial charge on any atom is -0.507 e. The van der Waals surface area contributed by atoms with Gasteiger partial charge in [-0.05, 0) is 57.7 Å². The van der Waals surface area contributed by atoms with Crippen LogP contribution in [0.15, 0.2) is 48.8 Å². The summed E-state index contributed by atoms with van der Waals surface area (Å²) < 4.78 is 5.50. The monoisotopic (exact) mass is 570 g/mol. The van der Waals surface area contributed by atoms with Crippen LogP contribution in [0, 0.1) is 5.92 Å². The zero-order chi connectivity index (χ0) is 29.3. The standard InChI is InChI=1S/C31H38N8O3/c1-31(2,3)42-30(41)37-12-10-21(11-13-37)8-9-22-17-33-29(34-18-22)38-14-15-39-23(20-38)19-32-28-26(39)16-25(35-36-28)24-6-4-5-7-27(24)40/h4-9,16-18,21,23,40H,10-15,19-20H2,1-3H3,(H,32,36)/b9-8+/t23-/m0/s1. The molecular weight excluding hydrogens is 532 g/mol. The summed E-state index contributed by atoms with van der Waals surface area (Å²) in [6.45, 7) is 10.2. The highest BCUT2D eigenvalue weighted by Gasteiger charge is 2.34. The number of carbonyl (C=O) groups is 1. The fourth-order valence-corrected chi connectivity index (χ4v) is 5.72. The number of rotatable bonds is 4. The summed E-state index contributed by atoms with van der Waals surface area (Å²) in [7, 11) is 0. The number of aromatic nitrogens is 4. The molecule has 2 aromatic heterocycles. The molecular formula is C31H38N8O3. The number of anilines is 3. The zero-order valence-electron chi connectivity index (χ0n) is 24.4. The number of carbonyl (C=O) groups excluding carboxylic acids is 1. The third-order valence-electron chi connectivity index (χ3n) is 7.94. The van der Waals surface area contributed by atoms with Crippen molar-refractivity contribution in [2.45, 2.75) is 45.3 Å². The van der Waals surface area contributed by atoms with Crippen molar-refractivity contribution in [1.82, 2.24) is 25.1 Å². The Morgan fingerprint density at radius 2 is 1.83 bits per heavy atom. The number of fused-ring (bicyclic) bond motifs is 3. The highest BCUT2D eigenvalue weighted by atomic mass is 16.6. The molecule has 2 fully saturated rings. The molecule has 0 radical (unpaired) electrons. The second kappa shape index (κ2) is 11.5. The van der Waals surface area contributed by atoms with Gasteiger partial charge in [0.25, 0.3) is 0 Å². The van der Waals surface area contributed by atoms with Crippen molar-refractivity contribution in [3.63, 3.8) is 0 Å². The predicted octanol–water partition coefficient (Wildman–Crippen LogP) is 4.42.